The van der Waals surface area contributed by atoms with Crippen molar-refractivity contribution in [1.82, 2.24) is 15.3 Å². The molecule has 2 aromatic rings. The van der Waals surface area contributed by atoms with Gasteiger partial charge in [0.05, 0.1) is 6.04 Å². The molecule has 0 spiro atoms. The molecule has 0 amide bonds. The number of nitrogens with zero attached hydrogens (tertiary/aromatic N) is 2. The molecule has 5 heteroatoms. The fourth-order valence-corrected chi connectivity index (χ4v) is 2.08. The summed E-state index contributed by atoms with van der Waals surface area (Å²) in [5, 5.41) is 3.65. The van der Waals surface area contributed by atoms with E-state index in [4.69, 9.17) is 11.6 Å². The Morgan fingerprint density at radius 3 is 2.60 bits per heavy atom. The molecule has 0 radical (unpaired) electrons. The summed E-state index contributed by atoms with van der Waals surface area (Å²) in [5.41, 5.74) is 1.48. The van der Waals surface area contributed by atoms with Crippen LogP contribution < -0.4 is 5.32 Å². The average Bonchev–Trinajstić information content (AvgIpc) is 2.42. The maximum absolute atomic E-state index is 14.1. The zero-order chi connectivity index (χ0) is 14.5. The second-order valence-corrected chi connectivity index (χ2v) is 5.11. The van der Waals surface area contributed by atoms with Gasteiger partial charge in [0.15, 0.2) is 0 Å². The van der Waals surface area contributed by atoms with E-state index in [-0.39, 0.29) is 11.9 Å². The highest BCUT2D eigenvalue weighted by molar-refractivity contribution is 6.30. The van der Waals surface area contributed by atoms with Crippen molar-refractivity contribution in [3.05, 3.63) is 58.4 Å². The molecule has 0 aliphatic rings. The third-order valence-electron chi connectivity index (χ3n) is 2.93. The van der Waals surface area contributed by atoms with Crippen LogP contribution in [0.25, 0.3) is 0 Å². The molecule has 3 nitrogen and oxygen atoms in total. The molecule has 1 N–H and O–H groups in total. The molecule has 1 unspecified atom stereocenters. The highest BCUT2D eigenvalue weighted by Crippen LogP contribution is 2.24. The lowest BCUT2D eigenvalue weighted by atomic mass is 10.1. The van der Waals surface area contributed by atoms with Crippen molar-refractivity contribution in [2.24, 2.45) is 0 Å². The summed E-state index contributed by atoms with van der Waals surface area (Å²) in [5.74, 6) is 0.209. The van der Waals surface area contributed by atoms with Crippen LogP contribution in [0.3, 0.4) is 0 Å². The summed E-state index contributed by atoms with van der Waals surface area (Å²) in [6.07, 6.45) is 4.41. The number of hydrogen-bond donors (Lipinski definition) is 1. The number of halogens is 2. The molecular formula is C15H17ClFN3. The Balaban J connectivity index is 2.38. The maximum atomic E-state index is 14.1. The topological polar surface area (TPSA) is 37.8 Å². The average molecular weight is 294 g/mol. The van der Waals surface area contributed by atoms with E-state index in [1.807, 2.05) is 6.92 Å². The van der Waals surface area contributed by atoms with Crippen molar-refractivity contribution in [3.8, 4) is 0 Å². The Bertz CT molecular complexity index is 572. The number of benzene rings is 1. The molecule has 0 aliphatic heterocycles. The first kappa shape index (κ1) is 14.9. The van der Waals surface area contributed by atoms with Gasteiger partial charge in [-0.3, -0.25) is 0 Å². The van der Waals surface area contributed by atoms with E-state index in [0.717, 1.165) is 18.5 Å². The summed E-state index contributed by atoms with van der Waals surface area (Å²) in [6.45, 7) is 4.73. The Kier molecular flexibility index (Phi) is 5.04. The summed E-state index contributed by atoms with van der Waals surface area (Å²) < 4.78 is 14.1. The molecular weight excluding hydrogens is 277 g/mol. The molecule has 1 atom stereocenters. The van der Waals surface area contributed by atoms with E-state index >= 15 is 0 Å². The van der Waals surface area contributed by atoms with Crippen LogP contribution in [0.15, 0.2) is 30.6 Å². The third kappa shape index (κ3) is 3.52. The zero-order valence-corrected chi connectivity index (χ0v) is 12.3. The summed E-state index contributed by atoms with van der Waals surface area (Å²) >= 11 is 5.80. The number of nitrogens with one attached hydrogen (secondary N) is 1. The minimum absolute atomic E-state index is 0.352. The fraction of sp³-hybridized carbons (Fsp3) is 0.333. The van der Waals surface area contributed by atoms with Gasteiger partial charge in [-0.25, -0.2) is 14.4 Å². The van der Waals surface area contributed by atoms with Gasteiger partial charge >= 0.3 is 0 Å². The number of aryl methyl sites for hydroxylation is 1. The zero-order valence-electron chi connectivity index (χ0n) is 11.5. The number of hydrogen-bond acceptors (Lipinski definition) is 3. The van der Waals surface area contributed by atoms with E-state index in [9.17, 15) is 4.39 Å². The van der Waals surface area contributed by atoms with E-state index in [1.165, 1.54) is 6.07 Å². The molecule has 0 fully saturated rings. The highest BCUT2D eigenvalue weighted by Gasteiger charge is 2.19. The second kappa shape index (κ2) is 6.77. The largest absolute Gasteiger partial charge is 0.304 e. The highest BCUT2D eigenvalue weighted by atomic mass is 35.5. The molecule has 2 rings (SSSR count). The Morgan fingerprint density at radius 2 is 2.00 bits per heavy atom. The van der Waals surface area contributed by atoms with Gasteiger partial charge in [0, 0.05) is 23.0 Å². The first-order chi connectivity index (χ1) is 9.61. The summed E-state index contributed by atoms with van der Waals surface area (Å²) in [4.78, 5) is 8.60. The van der Waals surface area contributed by atoms with Crippen molar-refractivity contribution >= 4 is 11.6 Å². The van der Waals surface area contributed by atoms with Gasteiger partial charge in [-0.15, -0.1) is 0 Å². The van der Waals surface area contributed by atoms with Crippen molar-refractivity contribution in [1.29, 1.82) is 0 Å². The normalized spacial score (nSPS) is 12.4. The Labute approximate surface area is 123 Å². The van der Waals surface area contributed by atoms with Gasteiger partial charge in [0.25, 0.3) is 0 Å². The van der Waals surface area contributed by atoms with Crippen LogP contribution in [0, 0.1) is 12.7 Å². The van der Waals surface area contributed by atoms with E-state index in [0.29, 0.717) is 16.4 Å². The van der Waals surface area contributed by atoms with Crippen molar-refractivity contribution < 1.29 is 4.39 Å². The lowest BCUT2D eigenvalue weighted by Crippen LogP contribution is -2.26. The summed E-state index contributed by atoms with van der Waals surface area (Å²) in [7, 11) is 0. The minimum Gasteiger partial charge on any atom is -0.304 e. The summed E-state index contributed by atoms with van der Waals surface area (Å²) in [6, 6.07) is 4.29. The molecule has 0 aliphatic carbocycles. The van der Waals surface area contributed by atoms with Gasteiger partial charge < -0.3 is 5.32 Å². The third-order valence-corrected chi connectivity index (χ3v) is 3.17. The van der Waals surface area contributed by atoms with Gasteiger partial charge in [0.1, 0.15) is 11.6 Å². The first-order valence-corrected chi connectivity index (χ1v) is 6.96. The van der Waals surface area contributed by atoms with Gasteiger partial charge in [-0.2, -0.15) is 0 Å². The molecule has 20 heavy (non-hydrogen) atoms. The van der Waals surface area contributed by atoms with Gasteiger partial charge in [0.2, 0.25) is 0 Å². The van der Waals surface area contributed by atoms with E-state index in [2.05, 4.69) is 22.2 Å². The standard InChI is InChI=1S/C15H17ClFN3/c1-3-6-18-14(15-19-8-10(2)9-20-15)12-5-4-11(16)7-13(12)17/h4-5,7-9,14,18H,3,6H2,1-2H3. The first-order valence-electron chi connectivity index (χ1n) is 6.58. The van der Waals surface area contributed by atoms with Crippen molar-refractivity contribution in [2.45, 2.75) is 26.3 Å². The molecule has 0 saturated heterocycles. The molecule has 0 saturated carbocycles. The quantitative estimate of drug-likeness (QED) is 0.914. The van der Waals surface area contributed by atoms with Gasteiger partial charge in [-0.05, 0) is 37.6 Å². The van der Waals surface area contributed by atoms with Gasteiger partial charge in [-0.1, -0.05) is 24.6 Å². The monoisotopic (exact) mass is 293 g/mol. The molecule has 1 heterocycles. The molecule has 0 bridgehead atoms. The SMILES string of the molecule is CCCNC(c1ncc(C)cn1)c1ccc(Cl)cc1F. The fourth-order valence-electron chi connectivity index (χ4n) is 1.92. The lowest BCUT2D eigenvalue weighted by molar-refractivity contribution is 0.530. The predicted molar refractivity (Wildman–Crippen MR) is 78.3 cm³/mol. The van der Waals surface area contributed by atoms with Crippen molar-refractivity contribution in [2.75, 3.05) is 6.54 Å². The van der Waals surface area contributed by atoms with Crippen LogP contribution in [-0.4, -0.2) is 16.5 Å². The Morgan fingerprint density at radius 1 is 1.30 bits per heavy atom. The number of aromatic nitrogens is 2. The molecule has 106 valence electrons. The number of rotatable bonds is 5. The smallest absolute Gasteiger partial charge is 0.149 e. The van der Waals surface area contributed by atoms with Crippen LogP contribution in [0.5, 0.6) is 0 Å². The van der Waals surface area contributed by atoms with Crippen LogP contribution >= 0.6 is 11.6 Å². The van der Waals surface area contributed by atoms with Crippen LogP contribution in [0.1, 0.15) is 36.3 Å². The predicted octanol–water partition coefficient (Wildman–Crippen LogP) is 3.67. The molecule has 1 aromatic heterocycles. The van der Waals surface area contributed by atoms with Crippen molar-refractivity contribution in [3.63, 3.8) is 0 Å². The maximum Gasteiger partial charge on any atom is 0.149 e. The van der Waals surface area contributed by atoms with E-state index in [1.54, 1.807) is 24.5 Å². The van der Waals surface area contributed by atoms with E-state index < -0.39 is 0 Å². The second-order valence-electron chi connectivity index (χ2n) is 4.67. The Hall–Kier alpha value is -1.52. The van der Waals surface area contributed by atoms with Crippen LogP contribution in [0.4, 0.5) is 4.39 Å². The van der Waals surface area contributed by atoms with Crippen LogP contribution in [-0.2, 0) is 0 Å². The molecule has 1 aromatic carbocycles. The minimum atomic E-state index is -0.368. The lowest BCUT2D eigenvalue weighted by Gasteiger charge is -2.18. The van der Waals surface area contributed by atoms with Crippen LogP contribution in [0.2, 0.25) is 5.02 Å².